The summed E-state index contributed by atoms with van der Waals surface area (Å²) >= 11 is 0. The van der Waals surface area contributed by atoms with Gasteiger partial charge < -0.3 is 11.1 Å². The monoisotopic (exact) mass is 231 g/mol. The maximum Gasteiger partial charge on any atom is 0.0994 e. The van der Waals surface area contributed by atoms with Gasteiger partial charge in [-0.1, -0.05) is 13.8 Å². The summed E-state index contributed by atoms with van der Waals surface area (Å²) in [4.78, 5) is 0. The van der Waals surface area contributed by atoms with Gasteiger partial charge in [-0.3, -0.25) is 0 Å². The summed E-state index contributed by atoms with van der Waals surface area (Å²) in [5, 5.41) is 12.2. The number of hydrogen-bond acceptors (Lipinski definition) is 3. The molecule has 3 heteroatoms. The van der Waals surface area contributed by atoms with Crippen LogP contribution in [0.25, 0.3) is 0 Å². The molecule has 0 spiro atoms. The first-order valence-corrected chi connectivity index (χ1v) is 6.08. The number of rotatable bonds is 5. The van der Waals surface area contributed by atoms with E-state index in [1.807, 2.05) is 25.1 Å². The molecule has 1 aromatic rings. The van der Waals surface area contributed by atoms with Crippen LogP contribution in [-0.2, 0) is 0 Å². The third-order valence-corrected chi connectivity index (χ3v) is 3.40. The van der Waals surface area contributed by atoms with Gasteiger partial charge in [-0.25, -0.2) is 0 Å². The average Bonchev–Trinajstić information content (AvgIpc) is 2.36. The van der Waals surface area contributed by atoms with E-state index in [1.54, 1.807) is 0 Å². The lowest BCUT2D eigenvalue weighted by atomic mass is 9.94. The van der Waals surface area contributed by atoms with E-state index < -0.39 is 0 Å². The molecule has 0 aliphatic rings. The second-order valence-electron chi connectivity index (χ2n) is 4.56. The summed E-state index contributed by atoms with van der Waals surface area (Å²) in [7, 11) is 0. The molecule has 0 aliphatic carbocycles. The van der Waals surface area contributed by atoms with Crippen molar-refractivity contribution in [1.29, 1.82) is 5.26 Å². The molecule has 3 N–H and O–H groups in total. The number of nitriles is 1. The van der Waals surface area contributed by atoms with Crippen LogP contribution in [0.3, 0.4) is 0 Å². The number of benzene rings is 1. The molecular weight excluding hydrogens is 210 g/mol. The fraction of sp³-hybridized carbons (Fsp3) is 0.500. The molecule has 1 aromatic carbocycles. The highest BCUT2D eigenvalue weighted by atomic mass is 14.9. The summed E-state index contributed by atoms with van der Waals surface area (Å²) in [6.07, 6.45) is 1.90. The van der Waals surface area contributed by atoms with Crippen LogP contribution in [0.5, 0.6) is 0 Å². The minimum Gasteiger partial charge on any atom is -0.383 e. The maximum atomic E-state index is 8.85. The number of nitrogens with zero attached hydrogens (tertiary/aromatic N) is 1. The molecular formula is C14H21N3. The van der Waals surface area contributed by atoms with Gasteiger partial charge in [0.05, 0.1) is 11.6 Å². The summed E-state index contributed by atoms with van der Waals surface area (Å²) in [6, 6.07) is 7.92. The Hall–Kier alpha value is -1.53. The number of aryl methyl sites for hydroxylation is 1. The standard InChI is InChI=1S/C14H21N3/c1-4-14(16,5-2)10-17-13-7-6-12(9-15)11(3)8-13/h6-8,17H,4-5,10,16H2,1-3H3. The lowest BCUT2D eigenvalue weighted by Gasteiger charge is -2.27. The lowest BCUT2D eigenvalue weighted by molar-refractivity contribution is 0.418. The van der Waals surface area contributed by atoms with Crippen molar-refractivity contribution in [1.82, 2.24) is 0 Å². The van der Waals surface area contributed by atoms with Gasteiger partial charge in [-0.05, 0) is 43.5 Å². The van der Waals surface area contributed by atoms with Gasteiger partial charge in [-0.2, -0.15) is 5.26 Å². The molecule has 17 heavy (non-hydrogen) atoms. The molecule has 0 aromatic heterocycles. The van der Waals surface area contributed by atoms with Crippen molar-refractivity contribution in [3.8, 4) is 6.07 Å². The van der Waals surface area contributed by atoms with Crippen molar-refractivity contribution in [2.75, 3.05) is 11.9 Å². The van der Waals surface area contributed by atoms with E-state index >= 15 is 0 Å². The van der Waals surface area contributed by atoms with Crippen molar-refractivity contribution < 1.29 is 0 Å². The number of anilines is 1. The van der Waals surface area contributed by atoms with E-state index in [0.717, 1.165) is 36.2 Å². The fourth-order valence-corrected chi connectivity index (χ4v) is 1.68. The van der Waals surface area contributed by atoms with Crippen LogP contribution in [0.1, 0.15) is 37.8 Å². The molecule has 0 aliphatic heterocycles. The zero-order valence-electron chi connectivity index (χ0n) is 10.9. The first-order chi connectivity index (χ1) is 8.04. The average molecular weight is 231 g/mol. The Bertz CT molecular complexity index is 414. The number of hydrogen-bond donors (Lipinski definition) is 2. The summed E-state index contributed by atoms with van der Waals surface area (Å²) in [5.74, 6) is 0. The van der Waals surface area contributed by atoms with E-state index in [9.17, 15) is 0 Å². The summed E-state index contributed by atoms with van der Waals surface area (Å²) in [5.41, 5.74) is 8.82. The third kappa shape index (κ3) is 3.47. The second-order valence-corrected chi connectivity index (χ2v) is 4.56. The van der Waals surface area contributed by atoms with Crippen molar-refractivity contribution in [2.45, 2.75) is 39.2 Å². The normalized spacial score (nSPS) is 11.0. The predicted octanol–water partition coefficient (Wildman–Crippen LogP) is 2.80. The van der Waals surface area contributed by atoms with Crippen molar-refractivity contribution in [2.24, 2.45) is 5.73 Å². The summed E-state index contributed by atoms with van der Waals surface area (Å²) < 4.78 is 0. The zero-order valence-corrected chi connectivity index (χ0v) is 10.9. The SMILES string of the molecule is CCC(N)(CC)CNc1ccc(C#N)c(C)c1. The van der Waals surface area contributed by atoms with Crippen molar-refractivity contribution >= 4 is 5.69 Å². The smallest absolute Gasteiger partial charge is 0.0994 e. The number of nitrogens with two attached hydrogens (primary N) is 1. The van der Waals surface area contributed by atoms with Crippen molar-refractivity contribution in [3.63, 3.8) is 0 Å². The Labute approximate surface area is 104 Å². The maximum absolute atomic E-state index is 8.85. The molecule has 92 valence electrons. The second kappa shape index (κ2) is 5.70. The Morgan fingerprint density at radius 3 is 2.47 bits per heavy atom. The number of nitrogens with one attached hydrogen (secondary N) is 1. The first kappa shape index (κ1) is 13.5. The Morgan fingerprint density at radius 1 is 1.35 bits per heavy atom. The molecule has 0 saturated carbocycles. The zero-order chi connectivity index (χ0) is 12.9. The van der Waals surface area contributed by atoms with Crippen LogP contribution in [0.4, 0.5) is 5.69 Å². The van der Waals surface area contributed by atoms with Crippen LogP contribution >= 0.6 is 0 Å². The Morgan fingerprint density at radius 2 is 2.00 bits per heavy atom. The van der Waals surface area contributed by atoms with Gasteiger partial charge in [0, 0.05) is 17.8 Å². The molecule has 0 heterocycles. The minimum atomic E-state index is -0.151. The van der Waals surface area contributed by atoms with Gasteiger partial charge in [0.2, 0.25) is 0 Å². The van der Waals surface area contributed by atoms with Gasteiger partial charge in [0.1, 0.15) is 0 Å². The van der Waals surface area contributed by atoms with Crippen LogP contribution in [0, 0.1) is 18.3 Å². The van der Waals surface area contributed by atoms with E-state index in [-0.39, 0.29) is 5.54 Å². The van der Waals surface area contributed by atoms with Gasteiger partial charge in [0.15, 0.2) is 0 Å². The predicted molar refractivity (Wildman–Crippen MR) is 71.9 cm³/mol. The highest BCUT2D eigenvalue weighted by molar-refractivity contribution is 5.51. The first-order valence-electron chi connectivity index (χ1n) is 6.08. The van der Waals surface area contributed by atoms with Crippen LogP contribution in [-0.4, -0.2) is 12.1 Å². The molecule has 0 saturated heterocycles. The van der Waals surface area contributed by atoms with Crippen LogP contribution < -0.4 is 11.1 Å². The topological polar surface area (TPSA) is 61.8 Å². The van der Waals surface area contributed by atoms with Gasteiger partial charge in [0.25, 0.3) is 0 Å². The molecule has 0 bridgehead atoms. The third-order valence-electron chi connectivity index (χ3n) is 3.40. The van der Waals surface area contributed by atoms with E-state index in [4.69, 9.17) is 11.0 Å². The molecule has 0 fully saturated rings. The summed E-state index contributed by atoms with van der Waals surface area (Å²) in [6.45, 7) is 6.91. The highest BCUT2D eigenvalue weighted by Gasteiger charge is 2.19. The minimum absolute atomic E-state index is 0.151. The molecule has 0 atom stereocenters. The molecule has 0 radical (unpaired) electrons. The van der Waals surface area contributed by atoms with E-state index in [2.05, 4.69) is 25.2 Å². The van der Waals surface area contributed by atoms with Crippen LogP contribution in [0.15, 0.2) is 18.2 Å². The molecule has 0 amide bonds. The quantitative estimate of drug-likeness (QED) is 0.819. The Kier molecular flexibility index (Phi) is 4.53. The Balaban J connectivity index is 2.71. The fourth-order valence-electron chi connectivity index (χ4n) is 1.68. The lowest BCUT2D eigenvalue weighted by Crippen LogP contribution is -2.45. The molecule has 3 nitrogen and oxygen atoms in total. The van der Waals surface area contributed by atoms with Crippen molar-refractivity contribution in [3.05, 3.63) is 29.3 Å². The van der Waals surface area contributed by atoms with Crippen LogP contribution in [0.2, 0.25) is 0 Å². The molecule has 0 unspecified atom stereocenters. The largest absolute Gasteiger partial charge is 0.383 e. The van der Waals surface area contributed by atoms with E-state index in [0.29, 0.717) is 0 Å². The van der Waals surface area contributed by atoms with E-state index in [1.165, 1.54) is 0 Å². The molecule has 1 rings (SSSR count). The highest BCUT2D eigenvalue weighted by Crippen LogP contribution is 2.17. The van der Waals surface area contributed by atoms with Gasteiger partial charge in [-0.15, -0.1) is 0 Å². The van der Waals surface area contributed by atoms with Gasteiger partial charge >= 0.3 is 0 Å².